The van der Waals surface area contributed by atoms with E-state index in [4.69, 9.17) is 33.8 Å². The smallest absolute Gasteiger partial charge is 0.351 e. The molecular weight excluding hydrogens is 622 g/mol. The van der Waals surface area contributed by atoms with Crippen molar-refractivity contribution in [3.8, 4) is 5.75 Å². The molecule has 4 heterocycles. The average Bonchev–Trinajstić information content (AvgIpc) is 3.47. The molecule has 2 aromatic rings. The minimum atomic E-state index is -1.62. The van der Waals surface area contributed by atoms with Gasteiger partial charge in [-0.3, -0.25) is 14.4 Å². The Kier molecular flexibility index (Phi) is 6.30. The molecule has 258 valence electrons. The summed E-state index contributed by atoms with van der Waals surface area (Å²) in [6, 6.07) is 3.09. The van der Waals surface area contributed by atoms with Gasteiger partial charge in [0.05, 0.1) is 21.8 Å². The van der Waals surface area contributed by atoms with Crippen LogP contribution in [0.1, 0.15) is 105 Å². The van der Waals surface area contributed by atoms with Gasteiger partial charge in [-0.2, -0.15) is 0 Å². The number of hydrogen-bond donors (Lipinski definition) is 1. The fraction of sp³-hybridized carbons (Fsp3) is 0.639. The topological polar surface area (TPSA) is 171 Å². The zero-order valence-corrected chi connectivity index (χ0v) is 28.9. The van der Waals surface area contributed by atoms with E-state index < -0.39 is 80.0 Å². The fourth-order valence-electron chi connectivity index (χ4n) is 8.95. The lowest BCUT2D eigenvalue weighted by Crippen LogP contribution is -2.57. The number of benzene rings is 1. The molecule has 3 aliphatic heterocycles. The number of ether oxygens (including phenoxy) is 5. The lowest BCUT2D eigenvalue weighted by molar-refractivity contribution is -0.217. The Morgan fingerprint density at radius 1 is 0.792 bits per heavy atom. The van der Waals surface area contributed by atoms with Gasteiger partial charge < -0.3 is 33.8 Å². The van der Waals surface area contributed by atoms with E-state index in [0.29, 0.717) is 19.3 Å². The number of nitrogen functional groups attached to an aromatic ring is 1. The molecule has 2 N–H and O–H groups in total. The van der Waals surface area contributed by atoms with Crippen molar-refractivity contribution < 1.29 is 47.3 Å². The molecule has 6 atom stereocenters. The summed E-state index contributed by atoms with van der Waals surface area (Å²) in [5, 5.41) is 0.119. The van der Waals surface area contributed by atoms with Crippen molar-refractivity contribution in [2.45, 2.75) is 123 Å². The largest absolute Gasteiger partial charge is 0.483 e. The van der Waals surface area contributed by atoms with E-state index in [0.717, 1.165) is 0 Å². The number of rotatable bonds is 5. The van der Waals surface area contributed by atoms with Crippen molar-refractivity contribution in [2.75, 3.05) is 5.73 Å². The van der Waals surface area contributed by atoms with Crippen LogP contribution in [0.2, 0.25) is 0 Å². The number of fused-ring (bicyclic) bond motifs is 7. The molecule has 2 aliphatic carbocycles. The Hall–Kier alpha value is -4.09. The zero-order valence-electron chi connectivity index (χ0n) is 28.9. The van der Waals surface area contributed by atoms with Crippen molar-refractivity contribution in [2.24, 2.45) is 21.7 Å². The molecular formula is C36H43NO11. The molecule has 2 saturated carbocycles. The minimum absolute atomic E-state index is 0.0454. The summed E-state index contributed by atoms with van der Waals surface area (Å²) >= 11 is 0. The number of carbonyl (C=O) groups is 4. The summed E-state index contributed by atoms with van der Waals surface area (Å²) in [6.45, 7) is 16.0. The van der Waals surface area contributed by atoms with Gasteiger partial charge in [0.2, 0.25) is 16.6 Å². The molecule has 4 fully saturated rings. The van der Waals surface area contributed by atoms with Crippen LogP contribution in [-0.4, -0.2) is 46.8 Å². The van der Waals surface area contributed by atoms with E-state index in [2.05, 4.69) is 0 Å². The average molecular weight is 666 g/mol. The van der Waals surface area contributed by atoms with Crippen LogP contribution in [0.15, 0.2) is 21.3 Å². The van der Waals surface area contributed by atoms with Crippen molar-refractivity contribution in [1.82, 2.24) is 0 Å². The normalized spacial score (nSPS) is 36.3. The third-order valence-electron chi connectivity index (χ3n) is 13.4. The highest BCUT2D eigenvalue weighted by Gasteiger charge is 2.78. The van der Waals surface area contributed by atoms with Gasteiger partial charge in [-0.05, 0) is 65.5 Å². The Morgan fingerprint density at radius 3 is 1.77 bits per heavy atom. The Labute approximate surface area is 277 Å². The fourth-order valence-corrected chi connectivity index (χ4v) is 8.95. The van der Waals surface area contributed by atoms with Crippen LogP contribution in [0, 0.1) is 21.7 Å². The van der Waals surface area contributed by atoms with Crippen LogP contribution in [-0.2, 0) is 44.5 Å². The van der Waals surface area contributed by atoms with Gasteiger partial charge >= 0.3 is 23.9 Å². The molecule has 0 spiro atoms. The maximum absolute atomic E-state index is 14.5. The van der Waals surface area contributed by atoms with E-state index in [-0.39, 0.29) is 46.6 Å². The molecule has 0 amide bonds. The van der Waals surface area contributed by atoms with Crippen molar-refractivity contribution in [1.29, 1.82) is 0 Å². The summed E-state index contributed by atoms with van der Waals surface area (Å²) < 4.78 is 37.1. The van der Waals surface area contributed by atoms with E-state index >= 15 is 0 Å². The van der Waals surface area contributed by atoms with Crippen LogP contribution in [0.25, 0.3) is 11.0 Å². The zero-order chi connectivity index (χ0) is 35.2. The number of nitrogens with two attached hydrogens (primary N) is 1. The maximum atomic E-state index is 14.5. The van der Waals surface area contributed by atoms with Gasteiger partial charge in [0, 0.05) is 17.3 Å². The molecule has 2 saturated heterocycles. The lowest BCUT2D eigenvalue weighted by atomic mass is 9.66. The Bertz CT molecular complexity index is 1910. The summed E-state index contributed by atoms with van der Waals surface area (Å²) in [5.41, 5.74) is -2.34. The first kappa shape index (κ1) is 32.5. The van der Waals surface area contributed by atoms with Gasteiger partial charge in [-0.15, -0.1) is 0 Å². The number of esters is 4. The number of anilines is 1. The van der Waals surface area contributed by atoms with Crippen LogP contribution in [0.4, 0.5) is 5.69 Å². The Morgan fingerprint density at radius 2 is 1.31 bits per heavy atom. The number of aryl methyl sites for hydroxylation is 1. The van der Waals surface area contributed by atoms with Crippen LogP contribution < -0.4 is 15.9 Å². The molecule has 0 unspecified atom stereocenters. The van der Waals surface area contributed by atoms with E-state index in [1.54, 1.807) is 40.7 Å². The maximum Gasteiger partial charge on any atom is 0.351 e. The van der Waals surface area contributed by atoms with Gasteiger partial charge in [-0.1, -0.05) is 34.6 Å². The predicted molar refractivity (Wildman–Crippen MR) is 170 cm³/mol. The third-order valence-corrected chi connectivity index (χ3v) is 13.4. The predicted octanol–water partition coefficient (Wildman–Crippen LogP) is 4.85. The molecule has 5 aliphatic rings. The highest BCUT2D eigenvalue weighted by molar-refractivity contribution is 5.95. The van der Waals surface area contributed by atoms with Gasteiger partial charge in [0.15, 0.2) is 12.2 Å². The number of hydrogen-bond acceptors (Lipinski definition) is 12. The third kappa shape index (κ3) is 3.48. The molecule has 4 bridgehead atoms. The van der Waals surface area contributed by atoms with Crippen molar-refractivity contribution in [3.05, 3.63) is 33.7 Å². The highest BCUT2D eigenvalue weighted by Crippen LogP contribution is 2.67. The van der Waals surface area contributed by atoms with Crippen LogP contribution in [0.3, 0.4) is 0 Å². The molecule has 48 heavy (non-hydrogen) atoms. The standard InChI is InChI=1S/C36H43NO11/c1-10-18-21(37)22(38)17-11-12-19-20(23(17)43-18)24(44-28(41)35-15-13-33(8,26(39)47-35)31(35,4)5)25(30(2,3)46-19)45-29(42)36-16-14-34(9,27(40)48-36)32(36,6)7/h11-12,24-25H,10,13-16,37H2,1-9H3/t24-,25-,33+,34+,35-,36-/m1/s1. The number of carbonyl (C=O) groups excluding carboxylic acids is 4. The minimum Gasteiger partial charge on any atom is -0.483 e. The second-order valence-electron chi connectivity index (χ2n) is 16.2. The summed E-state index contributed by atoms with van der Waals surface area (Å²) in [6.07, 6.45) is -1.11. The molecule has 7 rings (SSSR count). The molecule has 12 nitrogen and oxygen atoms in total. The van der Waals surface area contributed by atoms with Gasteiger partial charge in [0.1, 0.15) is 28.4 Å². The first-order valence-corrected chi connectivity index (χ1v) is 16.6. The van der Waals surface area contributed by atoms with Gasteiger partial charge in [-0.25, -0.2) is 9.59 Å². The van der Waals surface area contributed by atoms with Gasteiger partial charge in [0.25, 0.3) is 0 Å². The van der Waals surface area contributed by atoms with Crippen molar-refractivity contribution >= 4 is 40.5 Å². The Balaban J connectivity index is 1.39. The van der Waals surface area contributed by atoms with Crippen LogP contribution >= 0.6 is 0 Å². The summed E-state index contributed by atoms with van der Waals surface area (Å²) in [7, 11) is 0. The first-order chi connectivity index (χ1) is 22.2. The summed E-state index contributed by atoms with van der Waals surface area (Å²) in [4.78, 5) is 68.6. The summed E-state index contributed by atoms with van der Waals surface area (Å²) in [5.74, 6) is -2.12. The molecule has 0 radical (unpaired) electrons. The van der Waals surface area contributed by atoms with Crippen LogP contribution in [0.5, 0.6) is 5.75 Å². The quantitative estimate of drug-likeness (QED) is 0.341. The van der Waals surface area contributed by atoms with E-state index in [1.807, 2.05) is 27.7 Å². The first-order valence-electron chi connectivity index (χ1n) is 16.6. The van der Waals surface area contributed by atoms with E-state index in [9.17, 15) is 24.0 Å². The lowest BCUT2D eigenvalue weighted by Gasteiger charge is -2.45. The SMILES string of the molecule is CCc1oc2c3c(ccc2c(=O)c1N)OC(C)(C)[C@H](OC(=O)[C@@]12CC[C@@](C)(C(=O)O1)C2(C)C)[C@@H]3OC(=O)[C@@]12CC[C@@](C)(C(=O)O1)C2(C)C. The molecule has 1 aromatic heterocycles. The second-order valence-corrected chi connectivity index (χ2v) is 16.2. The monoisotopic (exact) mass is 665 g/mol. The van der Waals surface area contributed by atoms with E-state index in [1.165, 1.54) is 6.07 Å². The van der Waals surface area contributed by atoms with Crippen molar-refractivity contribution in [3.63, 3.8) is 0 Å². The second kappa shape index (κ2) is 9.32. The highest BCUT2D eigenvalue weighted by atomic mass is 16.7. The molecule has 12 heteroatoms. The molecule has 1 aromatic carbocycles.